The summed E-state index contributed by atoms with van der Waals surface area (Å²) in [4.78, 5) is 26.3. The van der Waals surface area contributed by atoms with Gasteiger partial charge in [0.1, 0.15) is 29.7 Å². The number of aldehydes is 1. The molecule has 2 aromatic heterocycles. The van der Waals surface area contributed by atoms with Gasteiger partial charge in [-0.05, 0) is 37.1 Å². The van der Waals surface area contributed by atoms with E-state index < -0.39 is 5.82 Å². The summed E-state index contributed by atoms with van der Waals surface area (Å²) in [6.07, 6.45) is 7.61. The lowest BCUT2D eigenvalue weighted by Gasteiger charge is -2.58. The molecule has 33 heavy (non-hydrogen) atoms. The van der Waals surface area contributed by atoms with Crippen LogP contribution in [0.15, 0.2) is 43.0 Å². The average molecular weight is 447 g/mol. The lowest BCUT2D eigenvalue weighted by atomic mass is 9.61. The number of carbonyl (C=O) groups excluding carboxylic acids is 1. The third-order valence-corrected chi connectivity index (χ3v) is 6.64. The number of hydrogen-bond acceptors (Lipinski definition) is 8. The van der Waals surface area contributed by atoms with Crippen molar-refractivity contribution in [2.75, 3.05) is 18.0 Å². The quantitative estimate of drug-likeness (QED) is 0.576. The van der Waals surface area contributed by atoms with Crippen molar-refractivity contribution < 1.29 is 18.7 Å². The van der Waals surface area contributed by atoms with Gasteiger partial charge in [-0.2, -0.15) is 0 Å². The summed E-state index contributed by atoms with van der Waals surface area (Å²) in [5.74, 6) is 1.83. The normalized spacial score (nSPS) is 18.4. The molecule has 0 atom stereocenters. The number of rotatable bonds is 6. The number of nitrogens with one attached hydrogen (secondary N) is 1. The van der Waals surface area contributed by atoms with Crippen molar-refractivity contribution in [2.24, 2.45) is 5.41 Å². The number of fused-ring (bicyclic) bond motifs is 1. The lowest BCUT2D eigenvalue weighted by molar-refractivity contribution is -0.0348. The molecule has 1 aliphatic carbocycles. The maximum absolute atomic E-state index is 13.4. The fourth-order valence-electron chi connectivity index (χ4n) is 5.06. The van der Waals surface area contributed by atoms with Crippen molar-refractivity contribution >= 4 is 12.1 Å². The summed E-state index contributed by atoms with van der Waals surface area (Å²) in [6.45, 7) is 3.30. The van der Waals surface area contributed by atoms with Crippen LogP contribution in [0.3, 0.4) is 0 Å². The van der Waals surface area contributed by atoms with Gasteiger partial charge in [0.25, 0.3) is 0 Å². The van der Waals surface area contributed by atoms with Crippen molar-refractivity contribution in [3.05, 3.63) is 65.6 Å². The van der Waals surface area contributed by atoms with Crippen LogP contribution in [0.5, 0.6) is 17.2 Å². The number of aromatic nitrogens is 3. The Balaban J connectivity index is 1.11. The van der Waals surface area contributed by atoms with E-state index in [0.29, 0.717) is 17.9 Å². The Hall–Kier alpha value is -3.59. The van der Waals surface area contributed by atoms with E-state index in [1.807, 2.05) is 12.3 Å². The predicted molar refractivity (Wildman–Crippen MR) is 117 cm³/mol. The van der Waals surface area contributed by atoms with E-state index in [1.54, 1.807) is 6.20 Å². The minimum Gasteiger partial charge on any atom is -0.490 e. The highest BCUT2D eigenvalue weighted by Gasteiger charge is 2.54. The van der Waals surface area contributed by atoms with E-state index in [9.17, 15) is 9.18 Å². The summed E-state index contributed by atoms with van der Waals surface area (Å²) < 4.78 is 25.6. The summed E-state index contributed by atoms with van der Waals surface area (Å²) in [5.41, 5.74) is 2.60. The maximum Gasteiger partial charge on any atom is 0.188 e. The van der Waals surface area contributed by atoms with Crippen LogP contribution >= 0.6 is 0 Å². The van der Waals surface area contributed by atoms with Crippen molar-refractivity contribution in [1.29, 1.82) is 0 Å². The Morgan fingerprint density at radius 1 is 1.12 bits per heavy atom. The average Bonchev–Trinajstić information content (AvgIpc) is 3.26. The van der Waals surface area contributed by atoms with Gasteiger partial charge in [-0.15, -0.1) is 0 Å². The highest BCUT2D eigenvalue weighted by Crippen LogP contribution is 2.52. The molecule has 0 bridgehead atoms. The van der Waals surface area contributed by atoms with Gasteiger partial charge in [0.2, 0.25) is 0 Å². The molecule has 0 amide bonds. The Bertz CT molecular complexity index is 1220. The highest BCUT2D eigenvalue weighted by atomic mass is 19.1. The number of benzene rings is 1. The second-order valence-electron chi connectivity index (χ2n) is 8.95. The standard InChI is InChI=1S/C24H22FN5O3/c25-16-1-2-20(15(5-16)11-31)33-22-10-27-14-29-23(22)30-12-24(13-30)6-17(7-24)32-21-3-4-28-19-9-26-8-18(19)21/h1-5,10-11,14,17,26H,6-9,12-13H2. The van der Waals surface area contributed by atoms with Gasteiger partial charge in [0, 0.05) is 43.4 Å². The molecular weight excluding hydrogens is 425 g/mol. The van der Waals surface area contributed by atoms with Crippen LogP contribution in [0.25, 0.3) is 0 Å². The first-order valence-corrected chi connectivity index (χ1v) is 10.9. The van der Waals surface area contributed by atoms with Gasteiger partial charge in [-0.1, -0.05) is 0 Å². The van der Waals surface area contributed by atoms with Crippen molar-refractivity contribution in [3.8, 4) is 17.2 Å². The highest BCUT2D eigenvalue weighted by molar-refractivity contribution is 5.79. The SMILES string of the molecule is O=Cc1cc(F)ccc1Oc1cncnc1N1CC2(CC(Oc3ccnc4c3CNC4)C2)C1. The van der Waals surface area contributed by atoms with E-state index >= 15 is 0 Å². The molecule has 1 saturated heterocycles. The number of ether oxygens (including phenoxy) is 2. The number of hydrogen-bond donors (Lipinski definition) is 1. The molecular formula is C24H22FN5O3. The lowest BCUT2D eigenvalue weighted by Crippen LogP contribution is -2.65. The van der Waals surface area contributed by atoms with Gasteiger partial charge >= 0.3 is 0 Å². The zero-order chi connectivity index (χ0) is 22.4. The van der Waals surface area contributed by atoms with Crippen molar-refractivity contribution in [2.45, 2.75) is 32.0 Å². The molecule has 4 heterocycles. The molecule has 1 aromatic carbocycles. The number of halogens is 1. The molecule has 1 N–H and O–H groups in total. The summed E-state index contributed by atoms with van der Waals surface area (Å²) in [5, 5.41) is 3.32. The maximum atomic E-state index is 13.4. The van der Waals surface area contributed by atoms with Crippen LogP contribution in [0, 0.1) is 11.2 Å². The smallest absolute Gasteiger partial charge is 0.188 e. The summed E-state index contributed by atoms with van der Waals surface area (Å²) in [6, 6.07) is 5.80. The van der Waals surface area contributed by atoms with Crippen LogP contribution in [0.1, 0.15) is 34.5 Å². The molecule has 168 valence electrons. The third-order valence-electron chi connectivity index (χ3n) is 6.64. The Kier molecular flexibility index (Phi) is 4.72. The van der Waals surface area contributed by atoms with E-state index in [0.717, 1.165) is 56.5 Å². The first-order chi connectivity index (χ1) is 16.1. The molecule has 3 aromatic rings. The minimum atomic E-state index is -0.492. The second-order valence-corrected chi connectivity index (χ2v) is 8.95. The largest absolute Gasteiger partial charge is 0.490 e. The van der Waals surface area contributed by atoms with Crippen LogP contribution in [0.2, 0.25) is 0 Å². The Morgan fingerprint density at radius 3 is 2.85 bits per heavy atom. The third kappa shape index (κ3) is 3.58. The zero-order valence-electron chi connectivity index (χ0n) is 17.8. The molecule has 1 spiro atoms. The van der Waals surface area contributed by atoms with E-state index in [4.69, 9.17) is 9.47 Å². The monoisotopic (exact) mass is 447 g/mol. The minimum absolute atomic E-state index is 0.140. The first-order valence-electron chi connectivity index (χ1n) is 10.9. The number of nitrogens with zero attached hydrogens (tertiary/aromatic N) is 4. The van der Waals surface area contributed by atoms with Gasteiger partial charge in [0.05, 0.1) is 17.5 Å². The van der Waals surface area contributed by atoms with Crippen LogP contribution in [-0.2, 0) is 13.1 Å². The van der Waals surface area contributed by atoms with Crippen LogP contribution in [0.4, 0.5) is 10.2 Å². The van der Waals surface area contributed by atoms with Crippen molar-refractivity contribution in [1.82, 2.24) is 20.3 Å². The van der Waals surface area contributed by atoms with Crippen LogP contribution in [-0.4, -0.2) is 40.4 Å². The molecule has 6 rings (SSSR count). The molecule has 8 nitrogen and oxygen atoms in total. The fourth-order valence-corrected chi connectivity index (χ4v) is 5.06. The number of carbonyl (C=O) groups is 1. The van der Waals surface area contributed by atoms with Gasteiger partial charge in [-0.3, -0.25) is 9.78 Å². The topological polar surface area (TPSA) is 89.5 Å². The van der Waals surface area contributed by atoms with Crippen molar-refractivity contribution in [3.63, 3.8) is 0 Å². The summed E-state index contributed by atoms with van der Waals surface area (Å²) >= 11 is 0. The Morgan fingerprint density at radius 2 is 2.00 bits per heavy atom. The molecule has 1 saturated carbocycles. The fraction of sp³-hybridized carbons (Fsp3) is 0.333. The van der Waals surface area contributed by atoms with Gasteiger partial charge in [0.15, 0.2) is 17.9 Å². The Labute approximate surface area is 189 Å². The molecule has 0 unspecified atom stereocenters. The second kappa shape index (κ2) is 7.77. The zero-order valence-corrected chi connectivity index (χ0v) is 17.8. The molecule has 3 aliphatic rings. The van der Waals surface area contributed by atoms with Crippen LogP contribution < -0.4 is 19.7 Å². The van der Waals surface area contributed by atoms with E-state index in [2.05, 4.69) is 25.2 Å². The number of pyridine rings is 1. The molecule has 9 heteroatoms. The van der Waals surface area contributed by atoms with Gasteiger partial charge in [-0.25, -0.2) is 14.4 Å². The first kappa shape index (κ1) is 20.0. The number of anilines is 1. The van der Waals surface area contributed by atoms with E-state index in [1.165, 1.54) is 24.0 Å². The molecule has 0 radical (unpaired) electrons. The summed E-state index contributed by atoms with van der Waals surface area (Å²) in [7, 11) is 0. The van der Waals surface area contributed by atoms with Gasteiger partial charge < -0.3 is 19.7 Å². The van der Waals surface area contributed by atoms with E-state index in [-0.39, 0.29) is 22.8 Å². The molecule has 2 aliphatic heterocycles. The predicted octanol–water partition coefficient (Wildman–Crippen LogP) is 3.27. The molecule has 2 fully saturated rings.